The first-order chi connectivity index (χ1) is 9.08. The molecule has 0 spiro atoms. The van der Waals surface area contributed by atoms with Crippen molar-refractivity contribution in [2.24, 2.45) is 5.92 Å². The highest BCUT2D eigenvalue weighted by Crippen LogP contribution is 2.25. The lowest BCUT2D eigenvalue weighted by Gasteiger charge is -2.19. The van der Waals surface area contributed by atoms with E-state index >= 15 is 0 Å². The van der Waals surface area contributed by atoms with Gasteiger partial charge in [-0.1, -0.05) is 19.3 Å². The number of alkyl halides is 2. The molecule has 2 rings (SSSR count). The van der Waals surface area contributed by atoms with E-state index < -0.39 is 12.1 Å². The van der Waals surface area contributed by atoms with E-state index in [0.717, 1.165) is 36.8 Å². The van der Waals surface area contributed by atoms with Crippen molar-refractivity contribution in [3.63, 3.8) is 0 Å². The van der Waals surface area contributed by atoms with E-state index in [-0.39, 0.29) is 24.3 Å². The summed E-state index contributed by atoms with van der Waals surface area (Å²) >= 11 is 0. The molecule has 0 aliphatic heterocycles. The number of carbonyl (C=O) groups is 1. The van der Waals surface area contributed by atoms with Crippen molar-refractivity contribution < 1.29 is 18.3 Å². The van der Waals surface area contributed by atoms with E-state index in [1.54, 1.807) is 0 Å². The molecule has 7 heteroatoms. The van der Waals surface area contributed by atoms with Crippen LogP contribution in [0.25, 0.3) is 0 Å². The molecule has 1 aliphatic rings. The van der Waals surface area contributed by atoms with Crippen LogP contribution in [-0.4, -0.2) is 15.7 Å². The summed E-state index contributed by atoms with van der Waals surface area (Å²) in [6.45, 7) is -0.174. The fourth-order valence-electron chi connectivity index (χ4n) is 2.27. The summed E-state index contributed by atoms with van der Waals surface area (Å²) in [5, 5.41) is 3.59. The number of nitrogens with two attached hydrogens (primary N) is 1. The largest absolute Gasteiger partial charge is 0.442 e. The SMILES string of the molecule is Nc1cn(COC(=O)C2CCCCC2)nc1C(F)F. The molecule has 5 nitrogen and oxygen atoms in total. The van der Waals surface area contributed by atoms with Gasteiger partial charge in [0.05, 0.1) is 17.8 Å². The van der Waals surface area contributed by atoms with Gasteiger partial charge < -0.3 is 10.5 Å². The Morgan fingerprint density at radius 2 is 2.16 bits per heavy atom. The van der Waals surface area contributed by atoms with Crippen molar-refractivity contribution in [1.82, 2.24) is 9.78 Å². The van der Waals surface area contributed by atoms with E-state index in [1.165, 1.54) is 6.20 Å². The van der Waals surface area contributed by atoms with Crippen LogP contribution in [0.4, 0.5) is 14.5 Å². The summed E-state index contributed by atoms with van der Waals surface area (Å²) < 4.78 is 31.1. The number of ether oxygens (including phenoxy) is 1. The van der Waals surface area contributed by atoms with Crippen molar-refractivity contribution >= 4 is 11.7 Å². The molecule has 1 fully saturated rings. The number of carbonyl (C=O) groups excluding carboxylic acids is 1. The van der Waals surface area contributed by atoms with Gasteiger partial charge >= 0.3 is 5.97 Å². The van der Waals surface area contributed by atoms with Gasteiger partial charge in [0.2, 0.25) is 0 Å². The van der Waals surface area contributed by atoms with Crippen LogP contribution in [0.2, 0.25) is 0 Å². The third-order valence-corrected chi connectivity index (χ3v) is 3.30. The van der Waals surface area contributed by atoms with Crippen LogP contribution in [0.15, 0.2) is 6.20 Å². The average Bonchev–Trinajstić information content (AvgIpc) is 2.78. The summed E-state index contributed by atoms with van der Waals surface area (Å²) in [5.41, 5.74) is 4.82. The van der Waals surface area contributed by atoms with Crippen molar-refractivity contribution in [1.29, 1.82) is 0 Å². The third-order valence-electron chi connectivity index (χ3n) is 3.30. The molecule has 2 N–H and O–H groups in total. The second-order valence-corrected chi connectivity index (χ2v) is 4.74. The van der Waals surface area contributed by atoms with Crippen LogP contribution in [0.1, 0.15) is 44.2 Å². The highest BCUT2D eigenvalue weighted by Gasteiger charge is 2.23. The lowest BCUT2D eigenvalue weighted by atomic mass is 9.89. The molecule has 1 aromatic heterocycles. The highest BCUT2D eigenvalue weighted by molar-refractivity contribution is 5.72. The Hall–Kier alpha value is -1.66. The highest BCUT2D eigenvalue weighted by atomic mass is 19.3. The maximum Gasteiger partial charge on any atom is 0.310 e. The topological polar surface area (TPSA) is 70.1 Å². The Balaban J connectivity index is 1.87. The predicted octanol–water partition coefficient (Wildman–Crippen LogP) is 2.48. The van der Waals surface area contributed by atoms with Crippen LogP contribution in [0.3, 0.4) is 0 Å². The van der Waals surface area contributed by atoms with E-state index in [0.29, 0.717) is 0 Å². The molecule has 0 saturated heterocycles. The number of nitrogen functional groups attached to an aromatic ring is 1. The van der Waals surface area contributed by atoms with Crippen molar-refractivity contribution in [3.8, 4) is 0 Å². The second-order valence-electron chi connectivity index (χ2n) is 4.74. The van der Waals surface area contributed by atoms with Gasteiger partial charge in [0, 0.05) is 0 Å². The Bertz CT molecular complexity index is 442. The van der Waals surface area contributed by atoms with Crippen LogP contribution >= 0.6 is 0 Å². The fraction of sp³-hybridized carbons (Fsp3) is 0.667. The number of nitrogens with zero attached hydrogens (tertiary/aromatic N) is 2. The van der Waals surface area contributed by atoms with Crippen LogP contribution in [0, 0.1) is 5.92 Å². The molecule has 0 radical (unpaired) electrons. The summed E-state index contributed by atoms with van der Waals surface area (Å²) in [4.78, 5) is 11.8. The number of hydrogen-bond acceptors (Lipinski definition) is 4. The van der Waals surface area contributed by atoms with Gasteiger partial charge in [-0.25, -0.2) is 13.5 Å². The average molecular weight is 273 g/mol. The maximum absolute atomic E-state index is 12.5. The van der Waals surface area contributed by atoms with Gasteiger partial charge in [-0.3, -0.25) is 4.79 Å². The number of anilines is 1. The first kappa shape index (κ1) is 13.8. The normalized spacial score (nSPS) is 16.8. The predicted molar refractivity (Wildman–Crippen MR) is 64.3 cm³/mol. The van der Waals surface area contributed by atoms with Gasteiger partial charge in [-0.15, -0.1) is 0 Å². The monoisotopic (exact) mass is 273 g/mol. The smallest absolute Gasteiger partial charge is 0.310 e. The van der Waals surface area contributed by atoms with Crippen LogP contribution < -0.4 is 5.73 Å². The standard InChI is InChI=1S/C12H17F2N3O2/c13-11(14)10-9(15)6-17(16-10)7-19-12(18)8-4-2-1-3-5-8/h6,8,11H,1-5,7,15H2. The minimum Gasteiger partial charge on any atom is -0.442 e. The Labute approximate surface area is 109 Å². The minimum atomic E-state index is -2.73. The molecule has 0 bridgehead atoms. The second kappa shape index (κ2) is 5.99. The summed E-state index contributed by atoms with van der Waals surface area (Å²) in [5.74, 6) is -0.358. The molecule has 0 amide bonds. The first-order valence-corrected chi connectivity index (χ1v) is 6.35. The molecule has 1 aromatic rings. The molecule has 106 valence electrons. The third kappa shape index (κ3) is 3.42. The Morgan fingerprint density at radius 1 is 1.47 bits per heavy atom. The number of esters is 1. The maximum atomic E-state index is 12.5. The van der Waals surface area contributed by atoms with Gasteiger partial charge in [-0.2, -0.15) is 5.10 Å². The quantitative estimate of drug-likeness (QED) is 0.855. The van der Waals surface area contributed by atoms with Gasteiger partial charge in [0.1, 0.15) is 0 Å². The lowest BCUT2D eigenvalue weighted by Crippen LogP contribution is -2.21. The lowest BCUT2D eigenvalue weighted by molar-refractivity contribution is -0.154. The molecular formula is C12H17F2N3O2. The molecule has 19 heavy (non-hydrogen) atoms. The zero-order chi connectivity index (χ0) is 13.8. The number of hydrogen-bond donors (Lipinski definition) is 1. The van der Waals surface area contributed by atoms with Crippen LogP contribution in [-0.2, 0) is 16.3 Å². The summed E-state index contributed by atoms with van der Waals surface area (Å²) in [6, 6.07) is 0. The van der Waals surface area contributed by atoms with Gasteiger partial charge in [0.25, 0.3) is 6.43 Å². The molecule has 0 aromatic carbocycles. The zero-order valence-corrected chi connectivity index (χ0v) is 10.5. The number of rotatable bonds is 4. The molecule has 1 saturated carbocycles. The van der Waals surface area contributed by atoms with Crippen molar-refractivity contribution in [3.05, 3.63) is 11.9 Å². The van der Waals surface area contributed by atoms with Crippen molar-refractivity contribution in [2.45, 2.75) is 45.3 Å². The zero-order valence-electron chi connectivity index (χ0n) is 10.5. The molecule has 0 atom stereocenters. The van der Waals surface area contributed by atoms with E-state index in [1.807, 2.05) is 0 Å². The van der Waals surface area contributed by atoms with Crippen LogP contribution in [0.5, 0.6) is 0 Å². The Kier molecular flexibility index (Phi) is 4.34. The summed E-state index contributed by atoms with van der Waals surface area (Å²) in [6.07, 6.45) is 3.40. The molecule has 0 unspecified atom stereocenters. The Morgan fingerprint density at radius 3 is 2.74 bits per heavy atom. The summed E-state index contributed by atoms with van der Waals surface area (Å²) in [7, 11) is 0. The minimum absolute atomic E-state index is 0.0729. The number of halogens is 2. The molecule has 1 aliphatic carbocycles. The van der Waals surface area contributed by atoms with Gasteiger partial charge in [0.15, 0.2) is 12.4 Å². The first-order valence-electron chi connectivity index (χ1n) is 6.35. The molecular weight excluding hydrogens is 256 g/mol. The van der Waals surface area contributed by atoms with E-state index in [2.05, 4.69) is 5.10 Å². The van der Waals surface area contributed by atoms with Gasteiger partial charge in [-0.05, 0) is 12.8 Å². The fourth-order valence-corrected chi connectivity index (χ4v) is 2.27. The molecule has 1 heterocycles. The van der Waals surface area contributed by atoms with Crippen molar-refractivity contribution in [2.75, 3.05) is 5.73 Å². The number of aromatic nitrogens is 2. The van der Waals surface area contributed by atoms with E-state index in [9.17, 15) is 13.6 Å². The van der Waals surface area contributed by atoms with E-state index in [4.69, 9.17) is 10.5 Å².